The lowest BCUT2D eigenvalue weighted by atomic mass is 10.0. The molecule has 1 fully saturated rings. The molecule has 2 aliphatic heterocycles. The fourth-order valence-electron chi connectivity index (χ4n) is 2.93. The minimum absolute atomic E-state index is 0.0275. The van der Waals surface area contributed by atoms with E-state index in [9.17, 15) is 14.4 Å². The maximum absolute atomic E-state index is 14.1. The Balaban J connectivity index is 1.96. The van der Waals surface area contributed by atoms with E-state index in [-0.39, 0.29) is 11.7 Å². The lowest BCUT2D eigenvalue weighted by Gasteiger charge is -2.23. The van der Waals surface area contributed by atoms with Gasteiger partial charge in [-0.2, -0.15) is 5.26 Å². The Morgan fingerprint density at radius 3 is 3.00 bits per heavy atom. The molecule has 1 aromatic rings. The van der Waals surface area contributed by atoms with Gasteiger partial charge < -0.3 is 14.4 Å². The van der Waals surface area contributed by atoms with Crippen molar-refractivity contribution in [3.8, 4) is 11.8 Å². The predicted molar refractivity (Wildman–Crippen MR) is 71.3 cm³/mol. The smallest absolute Gasteiger partial charge is 0.258 e. The average molecular weight is 290 g/mol. The molecule has 0 aliphatic carbocycles. The molecule has 0 saturated carbocycles. The third-order valence-corrected chi connectivity index (χ3v) is 3.96. The molecule has 3 rings (SSSR count). The number of fused-ring (bicyclic) bond motifs is 1. The van der Waals surface area contributed by atoms with Gasteiger partial charge in [0.2, 0.25) is 0 Å². The topological polar surface area (TPSA) is 62.6 Å². The summed E-state index contributed by atoms with van der Waals surface area (Å²) in [6, 6.07) is 4.01. The summed E-state index contributed by atoms with van der Waals surface area (Å²) in [7, 11) is 1.42. The van der Waals surface area contributed by atoms with E-state index in [1.165, 1.54) is 18.1 Å². The highest BCUT2D eigenvalue weighted by Gasteiger charge is 2.41. The van der Waals surface area contributed by atoms with E-state index in [0.29, 0.717) is 24.5 Å². The minimum Gasteiger partial charge on any atom is -0.497 e. The van der Waals surface area contributed by atoms with E-state index in [0.717, 1.165) is 12.8 Å². The summed E-state index contributed by atoms with van der Waals surface area (Å²) >= 11 is 0. The summed E-state index contributed by atoms with van der Waals surface area (Å²) in [6.07, 6.45) is 1.72. The highest BCUT2D eigenvalue weighted by Crippen LogP contribution is 2.37. The van der Waals surface area contributed by atoms with Crippen molar-refractivity contribution >= 4 is 5.91 Å². The van der Waals surface area contributed by atoms with Crippen LogP contribution in [-0.4, -0.2) is 37.2 Å². The summed E-state index contributed by atoms with van der Waals surface area (Å²) in [5.41, 5.74) is 0.345. The van der Waals surface area contributed by atoms with E-state index in [2.05, 4.69) is 6.07 Å². The molecule has 5 nitrogen and oxygen atoms in total. The van der Waals surface area contributed by atoms with Gasteiger partial charge in [-0.25, -0.2) is 4.39 Å². The van der Waals surface area contributed by atoms with Crippen molar-refractivity contribution in [3.63, 3.8) is 0 Å². The monoisotopic (exact) mass is 290 g/mol. The Kier molecular flexibility index (Phi) is 3.52. The summed E-state index contributed by atoms with van der Waals surface area (Å²) in [5, 5.41) is 9.38. The van der Waals surface area contributed by atoms with Gasteiger partial charge in [-0.15, -0.1) is 0 Å². The molecule has 2 heterocycles. The van der Waals surface area contributed by atoms with Crippen LogP contribution in [0.2, 0.25) is 0 Å². The number of hydrogen-bond donors (Lipinski definition) is 0. The minimum atomic E-state index is -0.790. The summed E-state index contributed by atoms with van der Waals surface area (Å²) in [5.74, 6) is -0.796. The van der Waals surface area contributed by atoms with Gasteiger partial charge in [-0.05, 0) is 18.9 Å². The van der Waals surface area contributed by atoms with Crippen LogP contribution in [0.5, 0.6) is 5.75 Å². The number of halogens is 1. The van der Waals surface area contributed by atoms with Gasteiger partial charge >= 0.3 is 0 Å². The van der Waals surface area contributed by atoms with Crippen molar-refractivity contribution in [1.29, 1.82) is 5.26 Å². The molecule has 0 radical (unpaired) electrons. The third-order valence-electron chi connectivity index (χ3n) is 3.96. The highest BCUT2D eigenvalue weighted by atomic mass is 19.1. The highest BCUT2D eigenvalue weighted by molar-refractivity contribution is 6.00. The standard InChI is InChI=1S/C15H15FN2O3/c1-20-10-5-11-13(7-17)18(8-9-3-2-4-21-9)15(19)14(11)12(16)6-10/h5-6,9,13H,2-4,8H2,1H3. The SMILES string of the molecule is COc1cc(F)c2c(c1)C(C#N)N(CC1CCCO1)C2=O. The molecule has 1 aromatic carbocycles. The Bertz CT molecular complexity index is 620. The number of methoxy groups -OCH3 is 1. The van der Waals surface area contributed by atoms with Crippen LogP contribution in [0.25, 0.3) is 0 Å². The Morgan fingerprint density at radius 1 is 1.57 bits per heavy atom. The molecular weight excluding hydrogens is 275 g/mol. The number of amides is 1. The number of hydrogen-bond acceptors (Lipinski definition) is 4. The van der Waals surface area contributed by atoms with Gasteiger partial charge in [-0.3, -0.25) is 4.79 Å². The average Bonchev–Trinajstić information content (AvgIpc) is 3.07. The van der Waals surface area contributed by atoms with Crippen molar-refractivity contribution in [1.82, 2.24) is 4.90 Å². The molecule has 1 amide bonds. The van der Waals surface area contributed by atoms with Crippen molar-refractivity contribution in [2.24, 2.45) is 0 Å². The second-order valence-electron chi connectivity index (χ2n) is 5.20. The predicted octanol–water partition coefficient (Wildman–Crippen LogP) is 2.03. The van der Waals surface area contributed by atoms with E-state index < -0.39 is 17.8 Å². The lowest BCUT2D eigenvalue weighted by molar-refractivity contribution is 0.0509. The van der Waals surface area contributed by atoms with Gasteiger partial charge in [0, 0.05) is 24.8 Å². The van der Waals surface area contributed by atoms with Crippen molar-refractivity contribution in [2.45, 2.75) is 25.0 Å². The van der Waals surface area contributed by atoms with Crippen LogP contribution in [0.15, 0.2) is 12.1 Å². The van der Waals surface area contributed by atoms with Crippen LogP contribution < -0.4 is 4.74 Å². The first kappa shape index (κ1) is 13.8. The largest absolute Gasteiger partial charge is 0.497 e. The molecule has 6 heteroatoms. The van der Waals surface area contributed by atoms with E-state index in [1.807, 2.05) is 0 Å². The van der Waals surface area contributed by atoms with E-state index in [4.69, 9.17) is 9.47 Å². The molecule has 0 bridgehead atoms. The fourth-order valence-corrected chi connectivity index (χ4v) is 2.93. The molecule has 2 atom stereocenters. The quantitative estimate of drug-likeness (QED) is 0.854. The van der Waals surface area contributed by atoms with Crippen LogP contribution in [0.3, 0.4) is 0 Å². The first-order valence-corrected chi connectivity index (χ1v) is 6.85. The number of nitrogens with zero attached hydrogens (tertiary/aromatic N) is 2. The lowest BCUT2D eigenvalue weighted by Crippen LogP contribution is -2.35. The first-order valence-electron chi connectivity index (χ1n) is 6.85. The van der Waals surface area contributed by atoms with Crippen molar-refractivity contribution in [2.75, 3.05) is 20.3 Å². The van der Waals surface area contributed by atoms with E-state index in [1.54, 1.807) is 6.07 Å². The van der Waals surface area contributed by atoms with Crippen molar-refractivity contribution < 1.29 is 18.7 Å². The number of benzene rings is 1. The normalized spacial score (nSPS) is 24.0. The zero-order valence-electron chi connectivity index (χ0n) is 11.6. The fraction of sp³-hybridized carbons (Fsp3) is 0.467. The maximum atomic E-state index is 14.1. The Morgan fingerprint density at radius 2 is 2.38 bits per heavy atom. The molecule has 0 N–H and O–H groups in total. The van der Waals surface area contributed by atoms with Crippen LogP contribution in [0.4, 0.5) is 4.39 Å². The molecule has 21 heavy (non-hydrogen) atoms. The number of ether oxygens (including phenoxy) is 2. The number of carbonyl (C=O) groups excluding carboxylic acids is 1. The second kappa shape index (κ2) is 5.34. The van der Waals surface area contributed by atoms with E-state index >= 15 is 0 Å². The van der Waals surface area contributed by atoms with Gasteiger partial charge in [-0.1, -0.05) is 0 Å². The number of rotatable bonds is 3. The Hall–Kier alpha value is -2.13. The zero-order valence-corrected chi connectivity index (χ0v) is 11.6. The van der Waals surface area contributed by atoms with Crippen LogP contribution >= 0.6 is 0 Å². The van der Waals surface area contributed by atoms with Gasteiger partial charge in [0.1, 0.15) is 17.6 Å². The van der Waals surface area contributed by atoms with Crippen LogP contribution in [-0.2, 0) is 4.74 Å². The Labute approximate surface area is 121 Å². The third kappa shape index (κ3) is 2.24. The van der Waals surface area contributed by atoms with Gasteiger partial charge in [0.25, 0.3) is 5.91 Å². The molecule has 2 aliphatic rings. The van der Waals surface area contributed by atoms with Gasteiger partial charge in [0.15, 0.2) is 0 Å². The molecule has 0 spiro atoms. The molecule has 0 aromatic heterocycles. The molecular formula is C15H15FN2O3. The van der Waals surface area contributed by atoms with Crippen molar-refractivity contribution in [3.05, 3.63) is 29.1 Å². The maximum Gasteiger partial charge on any atom is 0.258 e. The summed E-state index contributed by atoms with van der Waals surface area (Å²) < 4.78 is 24.6. The first-order chi connectivity index (χ1) is 10.2. The molecule has 110 valence electrons. The number of nitriles is 1. The summed E-state index contributed by atoms with van der Waals surface area (Å²) in [4.78, 5) is 13.8. The van der Waals surface area contributed by atoms with Crippen LogP contribution in [0.1, 0.15) is 34.8 Å². The molecule has 1 saturated heterocycles. The molecule has 2 unspecified atom stereocenters. The zero-order chi connectivity index (χ0) is 15.0. The number of carbonyl (C=O) groups is 1. The van der Waals surface area contributed by atoms with Crippen LogP contribution in [0, 0.1) is 17.1 Å². The second-order valence-corrected chi connectivity index (χ2v) is 5.20. The summed E-state index contributed by atoms with van der Waals surface area (Å²) in [6.45, 7) is 0.979. The van der Waals surface area contributed by atoms with Gasteiger partial charge in [0.05, 0.1) is 24.8 Å².